The van der Waals surface area contributed by atoms with Crippen molar-refractivity contribution in [1.82, 2.24) is 0 Å². The maximum absolute atomic E-state index is 5.46. The SMILES string of the molecule is C#CCN1c2ccccc2C(C)=CC1(C)C. The monoisotopic (exact) mass is 211 g/mol. The van der Waals surface area contributed by atoms with Crippen molar-refractivity contribution < 1.29 is 0 Å². The highest BCUT2D eigenvalue weighted by molar-refractivity contribution is 5.81. The molecule has 0 spiro atoms. The number of hydrogen-bond donors (Lipinski definition) is 0. The Balaban J connectivity index is 2.59. The van der Waals surface area contributed by atoms with Crippen LogP contribution >= 0.6 is 0 Å². The molecule has 0 amide bonds. The van der Waals surface area contributed by atoms with Crippen LogP contribution in [0.2, 0.25) is 0 Å². The third-order valence-electron chi connectivity index (χ3n) is 3.13. The summed E-state index contributed by atoms with van der Waals surface area (Å²) in [6, 6.07) is 8.43. The molecule has 1 aliphatic rings. The molecule has 0 N–H and O–H groups in total. The minimum atomic E-state index is -0.00912. The Hall–Kier alpha value is -1.68. The summed E-state index contributed by atoms with van der Waals surface area (Å²) in [6.45, 7) is 7.20. The number of terminal acetylenes is 1. The van der Waals surface area contributed by atoms with Crippen molar-refractivity contribution in [2.45, 2.75) is 26.3 Å². The summed E-state index contributed by atoms with van der Waals surface area (Å²) in [4.78, 5) is 2.27. The zero-order chi connectivity index (χ0) is 11.8. The Morgan fingerprint density at radius 2 is 2.00 bits per heavy atom. The molecule has 0 aromatic heterocycles. The van der Waals surface area contributed by atoms with Crippen LogP contribution in [0.25, 0.3) is 5.57 Å². The van der Waals surface area contributed by atoms with Crippen molar-refractivity contribution in [1.29, 1.82) is 0 Å². The summed E-state index contributed by atoms with van der Waals surface area (Å²) in [7, 11) is 0. The van der Waals surface area contributed by atoms with Crippen LogP contribution in [-0.2, 0) is 0 Å². The zero-order valence-corrected chi connectivity index (χ0v) is 10.1. The Labute approximate surface area is 97.8 Å². The Morgan fingerprint density at radius 1 is 1.31 bits per heavy atom. The van der Waals surface area contributed by atoms with E-state index in [1.54, 1.807) is 0 Å². The molecule has 1 aliphatic heterocycles. The van der Waals surface area contributed by atoms with Crippen LogP contribution in [0.5, 0.6) is 0 Å². The van der Waals surface area contributed by atoms with Crippen molar-refractivity contribution >= 4 is 11.3 Å². The average Bonchev–Trinajstić information content (AvgIpc) is 2.23. The Morgan fingerprint density at radius 3 is 2.69 bits per heavy atom. The minimum absolute atomic E-state index is 0.00912. The topological polar surface area (TPSA) is 3.24 Å². The standard InChI is InChI=1S/C15H17N/c1-5-10-16-14-9-7-6-8-13(14)12(2)11-15(16,3)4/h1,6-9,11H,10H2,2-4H3. The van der Waals surface area contributed by atoms with Crippen LogP contribution in [0.1, 0.15) is 26.3 Å². The van der Waals surface area contributed by atoms with Gasteiger partial charge in [-0.1, -0.05) is 30.2 Å². The fraction of sp³-hybridized carbons (Fsp3) is 0.333. The van der Waals surface area contributed by atoms with Crippen LogP contribution in [0.15, 0.2) is 30.3 Å². The Kier molecular flexibility index (Phi) is 2.52. The molecule has 2 rings (SSSR count). The van der Waals surface area contributed by atoms with Gasteiger partial charge < -0.3 is 4.90 Å². The van der Waals surface area contributed by atoms with Crippen molar-refractivity contribution in [3.63, 3.8) is 0 Å². The van der Waals surface area contributed by atoms with E-state index in [1.165, 1.54) is 16.8 Å². The minimum Gasteiger partial charge on any atom is -0.351 e. The molecule has 0 radical (unpaired) electrons. The lowest BCUT2D eigenvalue weighted by atomic mass is 9.89. The van der Waals surface area contributed by atoms with Gasteiger partial charge in [0.25, 0.3) is 0 Å². The molecule has 1 aromatic carbocycles. The van der Waals surface area contributed by atoms with Gasteiger partial charge in [-0.05, 0) is 32.4 Å². The van der Waals surface area contributed by atoms with E-state index >= 15 is 0 Å². The third kappa shape index (κ3) is 1.61. The van der Waals surface area contributed by atoms with Crippen molar-refractivity contribution in [3.05, 3.63) is 35.9 Å². The van der Waals surface area contributed by atoms with Gasteiger partial charge in [0.1, 0.15) is 0 Å². The number of fused-ring (bicyclic) bond motifs is 1. The number of anilines is 1. The van der Waals surface area contributed by atoms with Crippen molar-refractivity contribution in [3.8, 4) is 12.3 Å². The second-order valence-corrected chi connectivity index (χ2v) is 4.79. The van der Waals surface area contributed by atoms with Gasteiger partial charge in [-0.25, -0.2) is 0 Å². The van der Waals surface area contributed by atoms with Crippen LogP contribution in [0, 0.1) is 12.3 Å². The normalized spacial score (nSPS) is 17.4. The zero-order valence-electron chi connectivity index (χ0n) is 10.1. The first kappa shape index (κ1) is 10.8. The van der Waals surface area contributed by atoms with E-state index in [1.807, 2.05) is 0 Å². The highest BCUT2D eigenvalue weighted by Gasteiger charge is 2.30. The van der Waals surface area contributed by atoms with Gasteiger partial charge >= 0.3 is 0 Å². The summed E-state index contributed by atoms with van der Waals surface area (Å²) >= 11 is 0. The maximum atomic E-state index is 5.46. The first-order valence-electron chi connectivity index (χ1n) is 5.56. The van der Waals surface area contributed by atoms with Gasteiger partial charge in [-0.2, -0.15) is 0 Å². The van der Waals surface area contributed by atoms with Gasteiger partial charge in [0.15, 0.2) is 0 Å². The van der Waals surface area contributed by atoms with Crippen LogP contribution in [-0.4, -0.2) is 12.1 Å². The summed E-state index contributed by atoms with van der Waals surface area (Å²) in [5.41, 5.74) is 3.85. The highest BCUT2D eigenvalue weighted by atomic mass is 15.2. The van der Waals surface area contributed by atoms with Crippen molar-refractivity contribution in [2.75, 3.05) is 11.4 Å². The number of rotatable bonds is 1. The smallest absolute Gasteiger partial charge is 0.0800 e. The number of nitrogens with zero attached hydrogens (tertiary/aromatic N) is 1. The molecule has 0 atom stereocenters. The van der Waals surface area contributed by atoms with E-state index in [0.717, 1.165) is 0 Å². The van der Waals surface area contributed by atoms with E-state index < -0.39 is 0 Å². The number of hydrogen-bond acceptors (Lipinski definition) is 1. The predicted octanol–water partition coefficient (Wildman–Crippen LogP) is 3.32. The van der Waals surface area contributed by atoms with Gasteiger partial charge in [0.05, 0.1) is 12.1 Å². The second kappa shape index (κ2) is 3.72. The van der Waals surface area contributed by atoms with E-state index in [9.17, 15) is 0 Å². The first-order chi connectivity index (χ1) is 7.56. The van der Waals surface area contributed by atoms with E-state index in [2.05, 4.69) is 61.9 Å². The van der Waals surface area contributed by atoms with Gasteiger partial charge in [0, 0.05) is 11.3 Å². The molecule has 0 aliphatic carbocycles. The molecule has 1 aromatic rings. The molecule has 1 heterocycles. The average molecular weight is 211 g/mol. The maximum Gasteiger partial charge on any atom is 0.0800 e. The van der Waals surface area contributed by atoms with Gasteiger partial charge in [-0.15, -0.1) is 6.42 Å². The molecule has 0 unspecified atom stereocenters. The lowest BCUT2D eigenvalue weighted by molar-refractivity contribution is 0.581. The fourth-order valence-electron chi connectivity index (χ4n) is 2.42. The molecule has 0 saturated heterocycles. The molecular weight excluding hydrogens is 194 g/mol. The van der Waals surface area contributed by atoms with Crippen LogP contribution in [0.4, 0.5) is 5.69 Å². The summed E-state index contributed by atoms with van der Waals surface area (Å²) in [5.74, 6) is 2.75. The molecular formula is C15H17N. The van der Waals surface area contributed by atoms with E-state index in [0.29, 0.717) is 6.54 Å². The molecule has 1 heteroatoms. The number of benzene rings is 1. The number of allylic oxidation sites excluding steroid dienone is 1. The van der Waals surface area contributed by atoms with E-state index in [-0.39, 0.29) is 5.54 Å². The molecule has 82 valence electrons. The first-order valence-corrected chi connectivity index (χ1v) is 5.56. The van der Waals surface area contributed by atoms with E-state index in [4.69, 9.17) is 6.42 Å². The van der Waals surface area contributed by atoms with Crippen LogP contribution in [0.3, 0.4) is 0 Å². The van der Waals surface area contributed by atoms with Crippen LogP contribution < -0.4 is 4.90 Å². The Bertz CT molecular complexity index is 474. The second-order valence-electron chi connectivity index (χ2n) is 4.79. The highest BCUT2D eigenvalue weighted by Crippen LogP contribution is 2.38. The third-order valence-corrected chi connectivity index (χ3v) is 3.13. The lowest BCUT2D eigenvalue weighted by Gasteiger charge is -2.42. The van der Waals surface area contributed by atoms with Gasteiger partial charge in [0.2, 0.25) is 0 Å². The largest absolute Gasteiger partial charge is 0.351 e. The molecule has 1 nitrogen and oxygen atoms in total. The predicted molar refractivity (Wildman–Crippen MR) is 70.4 cm³/mol. The molecule has 0 bridgehead atoms. The van der Waals surface area contributed by atoms with Crippen molar-refractivity contribution in [2.24, 2.45) is 0 Å². The fourth-order valence-corrected chi connectivity index (χ4v) is 2.42. The summed E-state index contributed by atoms with van der Waals surface area (Å²) in [6.07, 6.45) is 7.74. The molecule has 0 saturated carbocycles. The molecule has 0 fully saturated rings. The molecule has 16 heavy (non-hydrogen) atoms. The summed E-state index contributed by atoms with van der Waals surface area (Å²) in [5, 5.41) is 0. The lowest BCUT2D eigenvalue weighted by Crippen LogP contribution is -2.45. The summed E-state index contributed by atoms with van der Waals surface area (Å²) < 4.78 is 0. The quantitative estimate of drug-likeness (QED) is 0.644. The van der Waals surface area contributed by atoms with Gasteiger partial charge in [-0.3, -0.25) is 0 Å². The number of para-hydroxylation sites is 1.